The lowest BCUT2D eigenvalue weighted by Crippen LogP contribution is -2.42. The van der Waals surface area contributed by atoms with Gasteiger partial charge in [0.1, 0.15) is 5.69 Å². The molecule has 2 aromatic rings. The Labute approximate surface area is 164 Å². The van der Waals surface area contributed by atoms with E-state index in [0.717, 1.165) is 6.20 Å². The van der Waals surface area contributed by atoms with Crippen LogP contribution in [0.4, 0.5) is 10.3 Å². The molecule has 1 fully saturated rings. The number of aromatic nitrogens is 3. The second-order valence-corrected chi connectivity index (χ2v) is 9.00. The summed E-state index contributed by atoms with van der Waals surface area (Å²) in [4.78, 5) is 12.5. The van der Waals surface area contributed by atoms with E-state index < -0.39 is 15.8 Å². The van der Waals surface area contributed by atoms with Gasteiger partial charge >= 0.3 is 0 Å². The molecule has 1 saturated heterocycles. The van der Waals surface area contributed by atoms with E-state index in [9.17, 15) is 12.8 Å². The average molecular weight is 409 g/mol. The summed E-state index contributed by atoms with van der Waals surface area (Å²) in [5, 5.41) is 3.17. The highest BCUT2D eigenvalue weighted by Gasteiger charge is 2.25. The molecule has 0 radical (unpaired) electrons. The zero-order chi connectivity index (χ0) is 20.3. The zero-order valence-corrected chi connectivity index (χ0v) is 16.9. The lowest BCUT2D eigenvalue weighted by atomic mass is 10.1. The van der Waals surface area contributed by atoms with Gasteiger partial charge in [-0.2, -0.15) is 0 Å². The van der Waals surface area contributed by atoms with Crippen LogP contribution in [0.15, 0.2) is 24.5 Å². The van der Waals surface area contributed by atoms with Crippen LogP contribution in [0.1, 0.15) is 26.7 Å². The van der Waals surface area contributed by atoms with Gasteiger partial charge in [0.2, 0.25) is 21.9 Å². The van der Waals surface area contributed by atoms with Crippen molar-refractivity contribution in [1.29, 1.82) is 0 Å². The molecule has 0 aliphatic carbocycles. The first-order valence-corrected chi connectivity index (χ1v) is 10.9. The fraction of sp³-hybridized carbons (Fsp3) is 0.500. The largest absolute Gasteiger partial charge is 0.475 e. The number of nitrogens with one attached hydrogen (secondary N) is 1. The van der Waals surface area contributed by atoms with Crippen LogP contribution in [0, 0.1) is 5.82 Å². The number of pyridine rings is 1. The third kappa shape index (κ3) is 5.14. The first-order chi connectivity index (χ1) is 13.2. The third-order valence-corrected chi connectivity index (χ3v) is 5.67. The van der Waals surface area contributed by atoms with Gasteiger partial charge in [0, 0.05) is 37.0 Å². The molecule has 1 aliphatic heterocycles. The lowest BCUT2D eigenvalue weighted by molar-refractivity contribution is 0.232. The van der Waals surface area contributed by atoms with Gasteiger partial charge in [0.05, 0.1) is 18.6 Å². The molecule has 2 aromatic heterocycles. The number of ether oxygens (including phenoxy) is 1. The Kier molecular flexibility index (Phi) is 6.09. The van der Waals surface area contributed by atoms with E-state index in [4.69, 9.17) is 4.74 Å². The molecule has 10 heteroatoms. The van der Waals surface area contributed by atoms with Crippen LogP contribution in [0.3, 0.4) is 0 Å². The smallest absolute Gasteiger partial charge is 0.223 e. The highest BCUT2D eigenvalue weighted by molar-refractivity contribution is 7.88. The van der Waals surface area contributed by atoms with E-state index >= 15 is 0 Å². The van der Waals surface area contributed by atoms with Crippen molar-refractivity contribution in [3.63, 3.8) is 0 Å². The number of halogens is 1. The predicted molar refractivity (Wildman–Crippen MR) is 104 cm³/mol. The Morgan fingerprint density at radius 3 is 2.50 bits per heavy atom. The Morgan fingerprint density at radius 1 is 1.21 bits per heavy atom. The van der Waals surface area contributed by atoms with Crippen LogP contribution in [-0.2, 0) is 10.0 Å². The fourth-order valence-corrected chi connectivity index (χ4v) is 3.86. The summed E-state index contributed by atoms with van der Waals surface area (Å²) in [5.74, 6) is 0.220. The molecular weight excluding hydrogens is 385 g/mol. The van der Waals surface area contributed by atoms with E-state index in [0.29, 0.717) is 43.3 Å². The van der Waals surface area contributed by atoms with Crippen molar-refractivity contribution in [3.8, 4) is 17.1 Å². The van der Waals surface area contributed by atoms with Gasteiger partial charge in [0.25, 0.3) is 0 Å². The monoisotopic (exact) mass is 409 g/mol. The Balaban J connectivity index is 1.70. The average Bonchev–Trinajstić information content (AvgIpc) is 2.63. The minimum Gasteiger partial charge on any atom is -0.475 e. The molecule has 0 aromatic carbocycles. The summed E-state index contributed by atoms with van der Waals surface area (Å²) < 4.78 is 44.4. The molecule has 0 atom stereocenters. The Bertz CT molecular complexity index is 913. The van der Waals surface area contributed by atoms with Gasteiger partial charge in [-0.1, -0.05) is 0 Å². The molecule has 28 heavy (non-hydrogen) atoms. The Morgan fingerprint density at radius 2 is 1.93 bits per heavy atom. The summed E-state index contributed by atoms with van der Waals surface area (Å²) >= 11 is 0. The lowest BCUT2D eigenvalue weighted by Gasteiger charge is -2.30. The molecule has 8 nitrogen and oxygen atoms in total. The van der Waals surface area contributed by atoms with Crippen LogP contribution >= 0.6 is 0 Å². The topological polar surface area (TPSA) is 97.3 Å². The molecule has 1 N–H and O–H groups in total. The number of piperidine rings is 1. The summed E-state index contributed by atoms with van der Waals surface area (Å²) in [7, 11) is -3.17. The van der Waals surface area contributed by atoms with Crippen LogP contribution in [-0.4, -0.2) is 59.2 Å². The zero-order valence-electron chi connectivity index (χ0n) is 16.1. The molecule has 0 saturated carbocycles. The summed E-state index contributed by atoms with van der Waals surface area (Å²) in [5.41, 5.74) is 0.667. The maximum Gasteiger partial charge on any atom is 0.223 e. The van der Waals surface area contributed by atoms with Crippen molar-refractivity contribution < 1.29 is 17.5 Å². The summed E-state index contributed by atoms with van der Waals surface area (Å²) in [6, 6.07) is 3.39. The maximum atomic E-state index is 14.2. The standard InChI is InChI=1S/C18H24FN5O3S/c1-12(2)27-16-5-4-13(10-20-16)17-15(19)11-21-18(23-17)22-14-6-8-24(9-7-14)28(3,25)26/h4-5,10-12,14H,6-9H2,1-3H3,(H,21,22,23). The molecule has 3 rings (SSSR count). The van der Waals surface area contributed by atoms with Gasteiger partial charge in [-0.15, -0.1) is 0 Å². The molecule has 0 unspecified atom stereocenters. The second kappa shape index (κ2) is 8.36. The first kappa shape index (κ1) is 20.4. The van der Waals surface area contributed by atoms with Gasteiger partial charge in [-0.25, -0.2) is 32.1 Å². The van der Waals surface area contributed by atoms with Crippen molar-refractivity contribution >= 4 is 16.0 Å². The van der Waals surface area contributed by atoms with E-state index in [2.05, 4.69) is 20.3 Å². The molecule has 0 bridgehead atoms. The van der Waals surface area contributed by atoms with E-state index in [1.165, 1.54) is 16.8 Å². The minimum atomic E-state index is -3.17. The normalized spacial score (nSPS) is 16.3. The predicted octanol–water partition coefficient (Wildman–Crippen LogP) is 2.30. The van der Waals surface area contributed by atoms with Crippen molar-refractivity contribution in [1.82, 2.24) is 19.3 Å². The van der Waals surface area contributed by atoms with Crippen LogP contribution in [0.2, 0.25) is 0 Å². The van der Waals surface area contributed by atoms with Gasteiger partial charge in [0.15, 0.2) is 5.82 Å². The van der Waals surface area contributed by atoms with Gasteiger partial charge in [-0.3, -0.25) is 0 Å². The van der Waals surface area contributed by atoms with Crippen molar-refractivity contribution in [3.05, 3.63) is 30.3 Å². The molecule has 3 heterocycles. The second-order valence-electron chi connectivity index (χ2n) is 7.02. The first-order valence-electron chi connectivity index (χ1n) is 9.09. The highest BCUT2D eigenvalue weighted by Crippen LogP contribution is 2.23. The third-order valence-electron chi connectivity index (χ3n) is 4.37. The van der Waals surface area contributed by atoms with Crippen molar-refractivity contribution in [2.24, 2.45) is 0 Å². The number of hydrogen-bond acceptors (Lipinski definition) is 7. The van der Waals surface area contributed by atoms with Gasteiger partial charge < -0.3 is 10.1 Å². The maximum absolute atomic E-state index is 14.2. The van der Waals surface area contributed by atoms with Crippen LogP contribution < -0.4 is 10.1 Å². The molecular formula is C18H24FN5O3S. The van der Waals surface area contributed by atoms with E-state index in [-0.39, 0.29) is 17.8 Å². The van der Waals surface area contributed by atoms with Crippen LogP contribution in [0.25, 0.3) is 11.3 Å². The molecule has 1 aliphatic rings. The number of rotatable bonds is 6. The number of sulfonamides is 1. The van der Waals surface area contributed by atoms with Gasteiger partial charge in [-0.05, 0) is 32.8 Å². The molecule has 152 valence electrons. The summed E-state index contributed by atoms with van der Waals surface area (Å²) in [6.07, 6.45) is 5.10. The minimum absolute atomic E-state index is 0.000878. The highest BCUT2D eigenvalue weighted by atomic mass is 32.2. The fourth-order valence-electron chi connectivity index (χ4n) is 2.99. The Hall–Kier alpha value is -2.33. The quantitative estimate of drug-likeness (QED) is 0.782. The molecule has 0 amide bonds. The van der Waals surface area contributed by atoms with E-state index in [1.54, 1.807) is 12.1 Å². The van der Waals surface area contributed by atoms with Crippen molar-refractivity contribution in [2.75, 3.05) is 24.7 Å². The number of hydrogen-bond donors (Lipinski definition) is 1. The van der Waals surface area contributed by atoms with E-state index in [1.807, 2.05) is 13.8 Å². The number of nitrogens with zero attached hydrogens (tertiary/aromatic N) is 4. The SMILES string of the molecule is CC(C)Oc1ccc(-c2nc(NC3CCN(S(C)(=O)=O)CC3)ncc2F)cn1. The summed E-state index contributed by atoms with van der Waals surface area (Å²) in [6.45, 7) is 4.67. The van der Waals surface area contributed by atoms with Crippen molar-refractivity contribution in [2.45, 2.75) is 38.8 Å². The number of anilines is 1. The van der Waals surface area contributed by atoms with Crippen LogP contribution in [0.5, 0.6) is 5.88 Å². The molecule has 0 spiro atoms.